The van der Waals surface area contributed by atoms with Gasteiger partial charge in [-0.25, -0.2) is 0 Å². The first-order valence-corrected chi connectivity index (χ1v) is 3.53. The first-order valence-electron chi connectivity index (χ1n) is 3.53. The highest BCUT2D eigenvalue weighted by Crippen LogP contribution is 2.13. The third kappa shape index (κ3) is 1.20. The fraction of sp³-hybridized carbons (Fsp3) is 0.625. The van der Waals surface area contributed by atoms with Crippen molar-refractivity contribution in [3.63, 3.8) is 0 Å². The average Bonchev–Trinajstić information content (AvgIpc) is 2.11. The van der Waals surface area contributed by atoms with E-state index in [1.54, 1.807) is 0 Å². The fourth-order valence-corrected chi connectivity index (χ4v) is 1.07. The lowest BCUT2D eigenvalue weighted by Crippen LogP contribution is -2.24. The molecule has 0 radical (unpaired) electrons. The van der Waals surface area contributed by atoms with Crippen LogP contribution in [-0.2, 0) is 5.54 Å². The summed E-state index contributed by atoms with van der Waals surface area (Å²) in [5, 5.41) is 4.20. The van der Waals surface area contributed by atoms with Gasteiger partial charge in [0.25, 0.3) is 0 Å². The molecule has 0 aliphatic carbocycles. The van der Waals surface area contributed by atoms with Crippen LogP contribution in [0.25, 0.3) is 0 Å². The minimum absolute atomic E-state index is 0.119. The van der Waals surface area contributed by atoms with Crippen LogP contribution in [0.3, 0.4) is 0 Å². The monoisotopic (exact) mass is 138 g/mol. The maximum absolute atomic E-state index is 4.20. The Kier molecular flexibility index (Phi) is 1.55. The summed E-state index contributed by atoms with van der Waals surface area (Å²) >= 11 is 0. The van der Waals surface area contributed by atoms with Gasteiger partial charge in [-0.05, 0) is 33.8 Å². The van der Waals surface area contributed by atoms with E-state index in [2.05, 4.69) is 32.8 Å². The van der Waals surface area contributed by atoms with E-state index in [4.69, 9.17) is 0 Å². The summed E-state index contributed by atoms with van der Waals surface area (Å²) < 4.78 is 2.02. The summed E-state index contributed by atoms with van der Waals surface area (Å²) in [4.78, 5) is 0. The van der Waals surface area contributed by atoms with Gasteiger partial charge in [0.05, 0.1) is 5.54 Å². The average molecular weight is 138 g/mol. The van der Waals surface area contributed by atoms with Gasteiger partial charge in [0.2, 0.25) is 0 Å². The van der Waals surface area contributed by atoms with Crippen LogP contribution < -0.4 is 0 Å². The molecule has 56 valence electrons. The van der Waals surface area contributed by atoms with Crippen molar-refractivity contribution in [1.29, 1.82) is 0 Å². The maximum Gasteiger partial charge on any atom is 0.0546 e. The zero-order chi connectivity index (χ0) is 7.78. The summed E-state index contributed by atoms with van der Waals surface area (Å²) in [5.41, 5.74) is 1.33. The lowest BCUT2D eigenvalue weighted by atomic mass is 10.1. The van der Waals surface area contributed by atoms with Gasteiger partial charge < -0.3 is 0 Å². The van der Waals surface area contributed by atoms with Crippen LogP contribution in [0.5, 0.6) is 0 Å². The topological polar surface area (TPSA) is 17.8 Å². The van der Waals surface area contributed by atoms with Crippen LogP contribution in [0.2, 0.25) is 0 Å². The standard InChI is InChI=1S/C8H14N2/c1-7-5-6-9-10(7)8(2,3)4/h5-6H,1-4H3. The van der Waals surface area contributed by atoms with Gasteiger partial charge in [0, 0.05) is 11.9 Å². The molecule has 10 heavy (non-hydrogen) atoms. The Bertz CT molecular complexity index is 217. The van der Waals surface area contributed by atoms with E-state index >= 15 is 0 Å². The summed E-state index contributed by atoms with van der Waals surface area (Å²) in [6, 6.07) is 2.02. The third-order valence-electron chi connectivity index (χ3n) is 1.47. The molecule has 2 nitrogen and oxygen atoms in total. The predicted octanol–water partition coefficient (Wildman–Crippen LogP) is 1.95. The van der Waals surface area contributed by atoms with Crippen molar-refractivity contribution in [2.24, 2.45) is 0 Å². The third-order valence-corrected chi connectivity index (χ3v) is 1.47. The van der Waals surface area contributed by atoms with E-state index in [0.717, 1.165) is 0 Å². The minimum Gasteiger partial charge on any atom is -0.265 e. The Labute approximate surface area is 61.9 Å². The summed E-state index contributed by atoms with van der Waals surface area (Å²) in [5.74, 6) is 0. The number of nitrogens with zero attached hydrogens (tertiary/aromatic N) is 2. The SMILES string of the molecule is Cc1ccnn1C(C)(C)C. The molecule has 2 heteroatoms. The Morgan fingerprint density at radius 3 is 2.20 bits per heavy atom. The Balaban J connectivity index is 3.05. The number of hydrogen-bond acceptors (Lipinski definition) is 1. The second-order valence-corrected chi connectivity index (χ2v) is 3.56. The summed E-state index contributed by atoms with van der Waals surface area (Å²) in [6.45, 7) is 8.51. The number of aryl methyl sites for hydroxylation is 1. The van der Waals surface area contributed by atoms with Crippen molar-refractivity contribution in [1.82, 2.24) is 9.78 Å². The first kappa shape index (κ1) is 7.32. The van der Waals surface area contributed by atoms with E-state index in [1.165, 1.54) is 5.69 Å². The molecule has 0 saturated carbocycles. The Morgan fingerprint density at radius 2 is 2.00 bits per heavy atom. The lowest BCUT2D eigenvalue weighted by Gasteiger charge is -2.20. The molecule has 0 unspecified atom stereocenters. The van der Waals surface area contributed by atoms with Crippen LogP contribution in [0.4, 0.5) is 0 Å². The van der Waals surface area contributed by atoms with E-state index in [0.29, 0.717) is 0 Å². The molecule has 0 aliphatic heterocycles. The van der Waals surface area contributed by atoms with Crippen molar-refractivity contribution in [3.8, 4) is 0 Å². The highest BCUT2D eigenvalue weighted by Gasteiger charge is 2.14. The summed E-state index contributed by atoms with van der Waals surface area (Å²) in [7, 11) is 0. The van der Waals surface area contributed by atoms with Crippen molar-refractivity contribution in [2.75, 3.05) is 0 Å². The van der Waals surface area contributed by atoms with Gasteiger partial charge in [-0.15, -0.1) is 0 Å². The van der Waals surface area contributed by atoms with E-state index < -0.39 is 0 Å². The van der Waals surface area contributed by atoms with Crippen molar-refractivity contribution >= 4 is 0 Å². The van der Waals surface area contributed by atoms with Crippen LogP contribution in [-0.4, -0.2) is 9.78 Å². The van der Waals surface area contributed by atoms with Crippen LogP contribution >= 0.6 is 0 Å². The molecule has 0 N–H and O–H groups in total. The number of hydrogen-bond donors (Lipinski definition) is 0. The first-order chi connectivity index (χ1) is 4.52. The molecule has 0 amide bonds. The molecule has 0 aromatic carbocycles. The second kappa shape index (κ2) is 2.11. The molecule has 0 aliphatic rings. The van der Waals surface area contributed by atoms with Gasteiger partial charge >= 0.3 is 0 Å². The van der Waals surface area contributed by atoms with E-state index in [9.17, 15) is 0 Å². The van der Waals surface area contributed by atoms with Gasteiger partial charge in [-0.3, -0.25) is 4.68 Å². The smallest absolute Gasteiger partial charge is 0.0546 e. The van der Waals surface area contributed by atoms with Gasteiger partial charge in [-0.2, -0.15) is 5.10 Å². The molecule has 0 saturated heterocycles. The van der Waals surface area contributed by atoms with Crippen molar-refractivity contribution < 1.29 is 0 Å². The zero-order valence-electron chi connectivity index (χ0n) is 7.05. The molecule has 1 aromatic rings. The van der Waals surface area contributed by atoms with Crippen LogP contribution in [0, 0.1) is 6.92 Å². The fourth-order valence-electron chi connectivity index (χ4n) is 1.07. The molecule has 1 aromatic heterocycles. The molecule has 0 atom stereocenters. The summed E-state index contributed by atoms with van der Waals surface area (Å²) in [6.07, 6.45) is 1.83. The van der Waals surface area contributed by atoms with Crippen LogP contribution in [0.15, 0.2) is 12.3 Å². The highest BCUT2D eigenvalue weighted by atomic mass is 15.3. The van der Waals surface area contributed by atoms with E-state index in [-0.39, 0.29) is 5.54 Å². The van der Waals surface area contributed by atoms with Gasteiger partial charge in [0.15, 0.2) is 0 Å². The molecule has 1 rings (SSSR count). The van der Waals surface area contributed by atoms with Gasteiger partial charge in [-0.1, -0.05) is 0 Å². The second-order valence-electron chi connectivity index (χ2n) is 3.56. The number of aromatic nitrogens is 2. The Hall–Kier alpha value is -0.790. The largest absolute Gasteiger partial charge is 0.265 e. The Morgan fingerprint density at radius 1 is 1.40 bits per heavy atom. The normalized spacial score (nSPS) is 12.0. The van der Waals surface area contributed by atoms with Gasteiger partial charge in [0.1, 0.15) is 0 Å². The van der Waals surface area contributed by atoms with Crippen molar-refractivity contribution in [2.45, 2.75) is 33.2 Å². The van der Waals surface area contributed by atoms with Crippen molar-refractivity contribution in [3.05, 3.63) is 18.0 Å². The zero-order valence-corrected chi connectivity index (χ0v) is 7.05. The molecule has 0 bridgehead atoms. The highest BCUT2D eigenvalue weighted by molar-refractivity contribution is 4.99. The molecule has 1 heterocycles. The number of rotatable bonds is 0. The maximum atomic E-state index is 4.20. The quantitative estimate of drug-likeness (QED) is 0.535. The lowest BCUT2D eigenvalue weighted by molar-refractivity contribution is 0.348. The molecular formula is C8H14N2. The molecule has 0 fully saturated rings. The van der Waals surface area contributed by atoms with Crippen LogP contribution in [0.1, 0.15) is 26.5 Å². The minimum atomic E-state index is 0.119. The molecule has 0 spiro atoms. The van der Waals surface area contributed by atoms with E-state index in [1.807, 2.05) is 16.9 Å². The molecular weight excluding hydrogens is 124 g/mol. The predicted molar refractivity (Wildman–Crippen MR) is 42.0 cm³/mol.